The van der Waals surface area contributed by atoms with Gasteiger partial charge in [0.2, 0.25) is 5.91 Å². The molecule has 5 nitrogen and oxygen atoms in total. The summed E-state index contributed by atoms with van der Waals surface area (Å²) < 4.78 is 12.3. The molecule has 1 amide bonds. The lowest BCUT2D eigenvalue weighted by molar-refractivity contribution is -0.142. The van der Waals surface area contributed by atoms with Gasteiger partial charge in [0.25, 0.3) is 0 Å². The van der Waals surface area contributed by atoms with Crippen molar-refractivity contribution in [2.24, 2.45) is 0 Å². The molecule has 0 radical (unpaired) electrons. The van der Waals surface area contributed by atoms with Crippen LogP contribution in [0.2, 0.25) is 0 Å². The van der Waals surface area contributed by atoms with Crippen molar-refractivity contribution in [1.29, 1.82) is 0 Å². The lowest BCUT2D eigenvalue weighted by Gasteiger charge is -2.10. The van der Waals surface area contributed by atoms with Crippen LogP contribution in [0, 0.1) is 6.92 Å². The minimum Gasteiger partial charge on any atom is -0.480 e. The molecule has 0 saturated carbocycles. The number of carbonyl (C=O) groups excluding carboxylic acids is 2. The fourth-order valence-electron chi connectivity index (χ4n) is 1.54. The number of carboxylic acid groups (broad SMARTS) is 1. The summed E-state index contributed by atoms with van der Waals surface area (Å²) >= 11 is 0. The van der Waals surface area contributed by atoms with Gasteiger partial charge in [-0.15, -0.1) is 0 Å². The topological polar surface area (TPSA) is 83.5 Å². The Morgan fingerprint density at radius 1 is 1.20 bits per heavy atom. The molecule has 0 aliphatic rings. The van der Waals surface area contributed by atoms with Crippen LogP contribution in [-0.4, -0.2) is 35.5 Å². The summed E-state index contributed by atoms with van der Waals surface area (Å²) in [5.74, 6) is -2.31. The fraction of sp³-hybridized carbons (Fsp3) is 0.357. The maximum absolute atomic E-state index is 12.3. The summed E-state index contributed by atoms with van der Waals surface area (Å²) in [7, 11) is 0. The quantitative estimate of drug-likeness (QED) is 0.742. The Morgan fingerprint density at radius 3 is 2.30 bits per heavy atom. The van der Waals surface area contributed by atoms with Crippen molar-refractivity contribution in [2.45, 2.75) is 25.8 Å². The van der Waals surface area contributed by atoms with Crippen molar-refractivity contribution in [3.8, 4) is 0 Å². The lowest BCUT2D eigenvalue weighted by Crippen LogP contribution is -2.42. The SMILES string of the molecule is Cc1ccc(C(=O)CCC(=O)NC(CF)C(=O)O)cc1. The number of halogens is 1. The first-order chi connectivity index (χ1) is 9.43. The van der Waals surface area contributed by atoms with Crippen LogP contribution in [0.3, 0.4) is 0 Å². The number of nitrogens with one attached hydrogen (secondary N) is 1. The van der Waals surface area contributed by atoms with Crippen LogP contribution in [0.4, 0.5) is 4.39 Å². The second kappa shape index (κ2) is 7.37. The Bertz CT molecular complexity index is 498. The molecule has 0 fully saturated rings. The first-order valence-electron chi connectivity index (χ1n) is 6.12. The standard InChI is InChI=1S/C14H16FNO4/c1-9-2-4-10(5-3-9)12(17)6-7-13(18)16-11(8-15)14(19)20/h2-5,11H,6-8H2,1H3,(H,16,18)(H,19,20). The number of ketones is 1. The fourth-order valence-corrected chi connectivity index (χ4v) is 1.54. The van der Waals surface area contributed by atoms with Gasteiger partial charge in [0.15, 0.2) is 11.8 Å². The third-order valence-corrected chi connectivity index (χ3v) is 2.74. The molecular formula is C14H16FNO4. The van der Waals surface area contributed by atoms with Crippen LogP contribution in [-0.2, 0) is 9.59 Å². The van der Waals surface area contributed by atoms with Gasteiger partial charge in [-0.25, -0.2) is 9.18 Å². The third kappa shape index (κ3) is 4.79. The Balaban J connectivity index is 2.46. The van der Waals surface area contributed by atoms with E-state index < -0.39 is 24.6 Å². The average Bonchev–Trinajstić information content (AvgIpc) is 2.42. The van der Waals surface area contributed by atoms with Crippen molar-refractivity contribution in [1.82, 2.24) is 5.32 Å². The Labute approximate surface area is 115 Å². The van der Waals surface area contributed by atoms with Gasteiger partial charge < -0.3 is 10.4 Å². The van der Waals surface area contributed by atoms with Crippen LogP contribution in [0.25, 0.3) is 0 Å². The molecule has 1 atom stereocenters. The molecule has 0 heterocycles. The van der Waals surface area contributed by atoms with Crippen LogP contribution >= 0.6 is 0 Å². The summed E-state index contributed by atoms with van der Waals surface area (Å²) in [6.07, 6.45) is -0.218. The Morgan fingerprint density at radius 2 is 1.80 bits per heavy atom. The van der Waals surface area contributed by atoms with Crippen molar-refractivity contribution < 1.29 is 23.9 Å². The second-order valence-corrected chi connectivity index (χ2v) is 4.40. The summed E-state index contributed by atoms with van der Waals surface area (Å²) in [6.45, 7) is 0.706. The summed E-state index contributed by atoms with van der Waals surface area (Å²) in [4.78, 5) is 33.7. The molecule has 1 rings (SSSR count). The van der Waals surface area contributed by atoms with Crippen molar-refractivity contribution in [3.63, 3.8) is 0 Å². The normalized spacial score (nSPS) is 11.7. The number of aryl methyl sites for hydroxylation is 1. The predicted octanol–water partition coefficient (Wildman–Crippen LogP) is 1.50. The van der Waals surface area contributed by atoms with E-state index in [2.05, 4.69) is 0 Å². The number of hydrogen-bond donors (Lipinski definition) is 2. The first-order valence-corrected chi connectivity index (χ1v) is 6.12. The average molecular weight is 281 g/mol. The minimum atomic E-state index is -1.56. The number of rotatable bonds is 7. The number of alkyl halides is 1. The predicted molar refractivity (Wildman–Crippen MR) is 70.3 cm³/mol. The van der Waals surface area contributed by atoms with E-state index in [1.54, 1.807) is 24.3 Å². The molecule has 0 aliphatic carbocycles. The molecular weight excluding hydrogens is 265 g/mol. The van der Waals surface area contributed by atoms with Crippen LogP contribution in [0.15, 0.2) is 24.3 Å². The van der Waals surface area contributed by atoms with E-state index in [0.717, 1.165) is 5.56 Å². The summed E-state index contributed by atoms with van der Waals surface area (Å²) in [5, 5.41) is 10.6. The zero-order valence-electron chi connectivity index (χ0n) is 11.1. The lowest BCUT2D eigenvalue weighted by atomic mass is 10.0. The van der Waals surface area contributed by atoms with Gasteiger partial charge in [-0.05, 0) is 6.92 Å². The Hall–Kier alpha value is -2.24. The number of carbonyl (C=O) groups is 3. The number of hydrogen-bond acceptors (Lipinski definition) is 3. The molecule has 20 heavy (non-hydrogen) atoms. The molecule has 0 saturated heterocycles. The summed E-state index contributed by atoms with van der Waals surface area (Å²) in [5.41, 5.74) is 1.51. The van der Waals surface area contributed by atoms with Gasteiger partial charge in [0.05, 0.1) is 0 Å². The highest BCUT2D eigenvalue weighted by Gasteiger charge is 2.19. The molecule has 0 aliphatic heterocycles. The monoisotopic (exact) mass is 281 g/mol. The minimum absolute atomic E-state index is 0.0481. The van der Waals surface area contributed by atoms with Gasteiger partial charge in [0.1, 0.15) is 6.67 Å². The van der Waals surface area contributed by atoms with Crippen LogP contribution in [0.1, 0.15) is 28.8 Å². The highest BCUT2D eigenvalue weighted by atomic mass is 19.1. The largest absolute Gasteiger partial charge is 0.480 e. The molecule has 2 N–H and O–H groups in total. The van der Waals surface area contributed by atoms with Crippen molar-refractivity contribution >= 4 is 17.7 Å². The van der Waals surface area contributed by atoms with E-state index >= 15 is 0 Å². The van der Waals surface area contributed by atoms with Gasteiger partial charge in [-0.3, -0.25) is 9.59 Å². The summed E-state index contributed by atoms with van der Waals surface area (Å²) in [6, 6.07) is 5.35. The highest BCUT2D eigenvalue weighted by molar-refractivity contribution is 5.98. The maximum atomic E-state index is 12.3. The molecule has 1 aromatic carbocycles. The van der Waals surface area contributed by atoms with Gasteiger partial charge >= 0.3 is 5.97 Å². The molecule has 1 aromatic rings. The molecule has 108 valence electrons. The number of benzene rings is 1. The molecule has 6 heteroatoms. The van der Waals surface area contributed by atoms with E-state index in [4.69, 9.17) is 5.11 Å². The van der Waals surface area contributed by atoms with E-state index in [-0.39, 0.29) is 18.6 Å². The number of aliphatic carboxylic acids is 1. The van der Waals surface area contributed by atoms with Crippen molar-refractivity contribution in [2.75, 3.05) is 6.67 Å². The smallest absolute Gasteiger partial charge is 0.328 e. The van der Waals surface area contributed by atoms with Crippen LogP contribution in [0.5, 0.6) is 0 Å². The van der Waals surface area contributed by atoms with Crippen LogP contribution < -0.4 is 5.32 Å². The zero-order valence-corrected chi connectivity index (χ0v) is 11.1. The zero-order chi connectivity index (χ0) is 15.1. The third-order valence-electron chi connectivity index (χ3n) is 2.74. The number of Topliss-reactive ketones (excluding diaryl/α,β-unsaturated/α-hetero) is 1. The molecule has 0 spiro atoms. The Kier molecular flexibility index (Phi) is 5.83. The number of carboxylic acids is 1. The highest BCUT2D eigenvalue weighted by Crippen LogP contribution is 2.07. The van der Waals surface area contributed by atoms with Crippen molar-refractivity contribution in [3.05, 3.63) is 35.4 Å². The maximum Gasteiger partial charge on any atom is 0.328 e. The molecule has 1 unspecified atom stereocenters. The van der Waals surface area contributed by atoms with E-state index in [0.29, 0.717) is 5.56 Å². The number of amides is 1. The van der Waals surface area contributed by atoms with E-state index in [9.17, 15) is 18.8 Å². The molecule has 0 aromatic heterocycles. The van der Waals surface area contributed by atoms with E-state index in [1.807, 2.05) is 12.2 Å². The van der Waals surface area contributed by atoms with Gasteiger partial charge in [-0.2, -0.15) is 0 Å². The van der Waals surface area contributed by atoms with Gasteiger partial charge in [0, 0.05) is 18.4 Å². The second-order valence-electron chi connectivity index (χ2n) is 4.40. The molecule has 0 bridgehead atoms. The van der Waals surface area contributed by atoms with E-state index in [1.165, 1.54) is 0 Å². The van der Waals surface area contributed by atoms with Gasteiger partial charge in [-0.1, -0.05) is 29.8 Å². The first kappa shape index (κ1) is 15.8.